The maximum absolute atomic E-state index is 13.5. The Morgan fingerprint density at radius 2 is 1.94 bits per heavy atom. The molecule has 0 aromatic heterocycles. The van der Waals surface area contributed by atoms with Crippen molar-refractivity contribution in [2.24, 2.45) is 0 Å². The quantitative estimate of drug-likeness (QED) is 0.187. The molecule has 176 valence electrons. The summed E-state index contributed by atoms with van der Waals surface area (Å²) in [6, 6.07) is 14.2. The average Bonchev–Trinajstić information content (AvgIpc) is 2.86. The standard InChI is InChI=1S/C28H35NO4/c1-3-29(24-16-7-5-8-17-24)28(31)23(14-6-4-9-20-27(30)32-2)21-33-26-19-12-15-22-13-10-11-18-25(22)26/h7,10-16,18-19,24H,3-6,8-9,17,20-21H2,1-2H3/b23-14+. The number of unbranched alkanes of at least 4 members (excludes halogenated alkanes) is 2. The average molecular weight is 450 g/mol. The van der Waals surface area contributed by atoms with E-state index in [1.807, 2.05) is 48.2 Å². The SMILES string of the molecule is CCN(C(=O)/C(=C/CCCCC(=O)OC)COc1cccc2ccccc12)C1C=CCCC1. The smallest absolute Gasteiger partial charge is 0.305 e. The maximum Gasteiger partial charge on any atom is 0.305 e. The topological polar surface area (TPSA) is 55.8 Å². The Bertz CT molecular complexity index is 989. The predicted molar refractivity (Wildman–Crippen MR) is 132 cm³/mol. The van der Waals surface area contributed by atoms with E-state index in [0.717, 1.165) is 55.0 Å². The van der Waals surface area contributed by atoms with Crippen LogP contribution >= 0.6 is 0 Å². The van der Waals surface area contributed by atoms with Crippen molar-refractivity contribution in [2.75, 3.05) is 20.3 Å². The number of amides is 1. The molecule has 0 aliphatic heterocycles. The van der Waals surface area contributed by atoms with Crippen LogP contribution < -0.4 is 4.74 Å². The normalized spacial score (nSPS) is 15.9. The van der Waals surface area contributed by atoms with Crippen molar-refractivity contribution in [3.05, 3.63) is 66.3 Å². The number of esters is 1. The molecule has 1 amide bonds. The first-order chi connectivity index (χ1) is 16.1. The van der Waals surface area contributed by atoms with E-state index in [9.17, 15) is 9.59 Å². The van der Waals surface area contributed by atoms with E-state index >= 15 is 0 Å². The van der Waals surface area contributed by atoms with Gasteiger partial charge >= 0.3 is 5.97 Å². The summed E-state index contributed by atoms with van der Waals surface area (Å²) in [5.74, 6) is 0.608. The highest BCUT2D eigenvalue weighted by atomic mass is 16.5. The Morgan fingerprint density at radius 3 is 2.70 bits per heavy atom. The van der Waals surface area contributed by atoms with Crippen molar-refractivity contribution < 1.29 is 19.1 Å². The number of methoxy groups -OCH3 is 1. The molecule has 3 rings (SSSR count). The van der Waals surface area contributed by atoms with Crippen LogP contribution in [0, 0.1) is 0 Å². The van der Waals surface area contributed by atoms with Gasteiger partial charge in [0.25, 0.3) is 5.91 Å². The van der Waals surface area contributed by atoms with Crippen molar-refractivity contribution in [1.82, 2.24) is 4.90 Å². The number of rotatable bonds is 11. The third-order valence-corrected chi connectivity index (χ3v) is 6.09. The van der Waals surface area contributed by atoms with E-state index < -0.39 is 0 Å². The monoisotopic (exact) mass is 449 g/mol. The van der Waals surface area contributed by atoms with Gasteiger partial charge in [-0.25, -0.2) is 0 Å². The van der Waals surface area contributed by atoms with Crippen LogP contribution in [0.5, 0.6) is 5.75 Å². The molecule has 0 saturated carbocycles. The molecule has 2 aromatic carbocycles. The molecule has 0 saturated heterocycles. The lowest BCUT2D eigenvalue weighted by atomic mass is 10.00. The molecule has 0 fully saturated rings. The Labute approximate surface area is 197 Å². The minimum absolute atomic E-state index is 0.0299. The van der Waals surface area contributed by atoms with Gasteiger partial charge in [0.2, 0.25) is 0 Å². The van der Waals surface area contributed by atoms with E-state index in [0.29, 0.717) is 18.5 Å². The van der Waals surface area contributed by atoms with Crippen LogP contribution in [0.3, 0.4) is 0 Å². The zero-order valence-corrected chi connectivity index (χ0v) is 19.8. The van der Waals surface area contributed by atoms with E-state index in [1.165, 1.54) is 7.11 Å². The summed E-state index contributed by atoms with van der Waals surface area (Å²) in [7, 11) is 1.41. The van der Waals surface area contributed by atoms with E-state index in [2.05, 4.69) is 24.3 Å². The molecule has 5 heteroatoms. The van der Waals surface area contributed by atoms with Crippen molar-refractivity contribution in [1.29, 1.82) is 0 Å². The lowest BCUT2D eigenvalue weighted by Crippen LogP contribution is -2.41. The molecular weight excluding hydrogens is 414 g/mol. The number of benzene rings is 2. The van der Waals surface area contributed by atoms with Gasteiger partial charge in [0, 0.05) is 18.4 Å². The van der Waals surface area contributed by atoms with Gasteiger partial charge in [0.05, 0.1) is 18.7 Å². The molecule has 0 heterocycles. The van der Waals surface area contributed by atoms with Crippen molar-refractivity contribution in [3.63, 3.8) is 0 Å². The van der Waals surface area contributed by atoms with Crippen LogP contribution in [0.4, 0.5) is 0 Å². The van der Waals surface area contributed by atoms with Crippen LogP contribution in [0.1, 0.15) is 51.9 Å². The second-order valence-electron chi connectivity index (χ2n) is 8.33. The van der Waals surface area contributed by atoms with Crippen molar-refractivity contribution in [2.45, 2.75) is 57.9 Å². The van der Waals surface area contributed by atoms with Gasteiger partial charge in [0.1, 0.15) is 12.4 Å². The molecule has 0 radical (unpaired) electrons. The Hall–Kier alpha value is -3.08. The third kappa shape index (κ3) is 6.95. The van der Waals surface area contributed by atoms with Crippen molar-refractivity contribution >= 4 is 22.6 Å². The molecular formula is C28H35NO4. The second kappa shape index (κ2) is 12.8. The fourth-order valence-electron chi connectivity index (χ4n) is 4.24. The number of likely N-dealkylation sites (N-methyl/N-ethyl adjacent to an activating group) is 1. The zero-order chi connectivity index (χ0) is 23.5. The summed E-state index contributed by atoms with van der Waals surface area (Å²) < 4.78 is 10.9. The minimum atomic E-state index is -0.198. The number of hydrogen-bond acceptors (Lipinski definition) is 4. The fraction of sp³-hybridized carbons (Fsp3) is 0.429. The van der Waals surface area contributed by atoms with Gasteiger partial charge in [-0.1, -0.05) is 54.6 Å². The molecule has 1 aliphatic rings. The highest BCUT2D eigenvalue weighted by Crippen LogP contribution is 2.26. The molecule has 1 aliphatic carbocycles. The number of hydrogen-bond donors (Lipinski definition) is 0. The van der Waals surface area contributed by atoms with Gasteiger partial charge < -0.3 is 14.4 Å². The zero-order valence-electron chi connectivity index (χ0n) is 19.8. The summed E-state index contributed by atoms with van der Waals surface area (Å²) in [6.45, 7) is 2.90. The number of carbonyl (C=O) groups excluding carboxylic acids is 2. The number of ether oxygens (including phenoxy) is 2. The Balaban J connectivity index is 1.74. The van der Waals surface area contributed by atoms with Gasteiger partial charge in [-0.05, 0) is 56.9 Å². The van der Waals surface area contributed by atoms with E-state index in [-0.39, 0.29) is 24.5 Å². The number of nitrogens with zero attached hydrogens (tertiary/aromatic N) is 1. The predicted octanol–water partition coefficient (Wildman–Crippen LogP) is 5.84. The lowest BCUT2D eigenvalue weighted by Gasteiger charge is -2.31. The molecule has 2 aromatic rings. The van der Waals surface area contributed by atoms with Crippen LogP contribution in [0.25, 0.3) is 10.8 Å². The van der Waals surface area contributed by atoms with Crippen LogP contribution in [0.2, 0.25) is 0 Å². The van der Waals surface area contributed by atoms with Gasteiger partial charge in [-0.15, -0.1) is 0 Å². The molecule has 5 nitrogen and oxygen atoms in total. The first-order valence-electron chi connectivity index (χ1n) is 12.0. The van der Waals surface area contributed by atoms with Crippen LogP contribution in [-0.2, 0) is 14.3 Å². The van der Waals surface area contributed by atoms with Crippen molar-refractivity contribution in [3.8, 4) is 5.75 Å². The Morgan fingerprint density at radius 1 is 1.12 bits per heavy atom. The first-order valence-corrected chi connectivity index (χ1v) is 12.0. The van der Waals surface area contributed by atoms with Crippen LogP contribution in [0.15, 0.2) is 66.3 Å². The molecule has 0 N–H and O–H groups in total. The second-order valence-corrected chi connectivity index (χ2v) is 8.33. The molecule has 1 atom stereocenters. The molecule has 33 heavy (non-hydrogen) atoms. The van der Waals surface area contributed by atoms with Gasteiger partial charge in [-0.3, -0.25) is 9.59 Å². The summed E-state index contributed by atoms with van der Waals surface area (Å²) >= 11 is 0. The summed E-state index contributed by atoms with van der Waals surface area (Å²) in [5.41, 5.74) is 0.668. The molecule has 0 bridgehead atoms. The first kappa shape index (κ1) is 24.6. The largest absolute Gasteiger partial charge is 0.488 e. The maximum atomic E-state index is 13.5. The Kier molecular flexibility index (Phi) is 9.55. The van der Waals surface area contributed by atoms with Gasteiger partial charge in [-0.2, -0.15) is 0 Å². The number of carbonyl (C=O) groups is 2. The molecule has 0 spiro atoms. The third-order valence-electron chi connectivity index (χ3n) is 6.09. The summed E-state index contributed by atoms with van der Waals surface area (Å²) in [4.78, 5) is 26.9. The van der Waals surface area contributed by atoms with E-state index in [4.69, 9.17) is 9.47 Å². The van der Waals surface area contributed by atoms with Crippen LogP contribution in [-0.4, -0.2) is 43.1 Å². The highest BCUT2D eigenvalue weighted by Gasteiger charge is 2.24. The van der Waals surface area contributed by atoms with E-state index in [1.54, 1.807) is 0 Å². The molecule has 1 unspecified atom stereocenters. The lowest BCUT2D eigenvalue weighted by molar-refractivity contribution is -0.140. The number of fused-ring (bicyclic) bond motifs is 1. The number of allylic oxidation sites excluding steroid dienone is 2. The summed E-state index contributed by atoms with van der Waals surface area (Å²) in [5, 5.41) is 2.14. The van der Waals surface area contributed by atoms with Gasteiger partial charge in [0.15, 0.2) is 0 Å². The fourth-order valence-corrected chi connectivity index (χ4v) is 4.24. The minimum Gasteiger partial charge on any atom is -0.488 e. The summed E-state index contributed by atoms with van der Waals surface area (Å²) in [6.07, 6.45) is 12.2. The highest BCUT2D eigenvalue weighted by molar-refractivity contribution is 5.94.